The molecule has 7 nitrogen and oxygen atoms in total. The van der Waals surface area contributed by atoms with Gasteiger partial charge in [0.25, 0.3) is 0 Å². The third kappa shape index (κ3) is 2.90. The highest BCUT2D eigenvalue weighted by Crippen LogP contribution is 2.31. The zero-order valence-electron chi connectivity index (χ0n) is 12.3. The van der Waals surface area contributed by atoms with E-state index in [-0.39, 0.29) is 18.2 Å². The molecule has 0 radical (unpaired) electrons. The van der Waals surface area contributed by atoms with Gasteiger partial charge in [-0.3, -0.25) is 4.90 Å². The number of ether oxygens (including phenoxy) is 2. The summed E-state index contributed by atoms with van der Waals surface area (Å²) in [6.07, 6.45) is -1.41. The van der Waals surface area contributed by atoms with Crippen LogP contribution in [0.5, 0.6) is 0 Å². The number of rotatable bonds is 5. The second-order valence-electron chi connectivity index (χ2n) is 5.11. The highest BCUT2D eigenvalue weighted by atomic mass is 16.7. The van der Waals surface area contributed by atoms with E-state index in [0.717, 1.165) is 13.1 Å². The molecule has 2 aliphatic rings. The first-order chi connectivity index (χ1) is 9.62. The van der Waals surface area contributed by atoms with Gasteiger partial charge in [-0.05, 0) is 20.0 Å². The smallest absolute Gasteiger partial charge is 0.315 e. The van der Waals surface area contributed by atoms with Crippen LogP contribution in [0.15, 0.2) is 0 Å². The van der Waals surface area contributed by atoms with E-state index in [9.17, 15) is 9.90 Å². The largest absolute Gasteiger partial charge is 0.389 e. The van der Waals surface area contributed by atoms with Gasteiger partial charge in [-0.2, -0.15) is 0 Å². The van der Waals surface area contributed by atoms with Gasteiger partial charge in [-0.25, -0.2) is 4.79 Å². The molecular weight excluding hydrogens is 262 g/mol. The zero-order valence-corrected chi connectivity index (χ0v) is 12.3. The van der Waals surface area contributed by atoms with Crippen molar-refractivity contribution in [2.75, 3.05) is 26.2 Å². The lowest BCUT2D eigenvalue weighted by Crippen LogP contribution is -2.65. The number of hydrogen-bond acceptors (Lipinski definition) is 5. The van der Waals surface area contributed by atoms with Gasteiger partial charge in [0, 0.05) is 6.54 Å². The van der Waals surface area contributed by atoms with E-state index in [1.54, 1.807) is 0 Å². The van der Waals surface area contributed by atoms with Crippen molar-refractivity contribution < 1.29 is 19.4 Å². The molecular formula is C13H25N3O4. The Kier molecular flexibility index (Phi) is 5.20. The first kappa shape index (κ1) is 15.5. The molecule has 0 spiro atoms. The van der Waals surface area contributed by atoms with Gasteiger partial charge in [0.05, 0.1) is 24.8 Å². The summed E-state index contributed by atoms with van der Waals surface area (Å²) in [5, 5.41) is 16.1. The van der Waals surface area contributed by atoms with Crippen LogP contribution in [0.1, 0.15) is 20.8 Å². The van der Waals surface area contributed by atoms with E-state index in [1.807, 2.05) is 20.8 Å². The molecule has 2 fully saturated rings. The predicted octanol–water partition coefficient (Wildman–Crippen LogP) is -0.499. The minimum atomic E-state index is -0.705. The Bertz CT molecular complexity index is 336. The number of nitrogens with zero attached hydrogens (tertiary/aromatic N) is 1. The summed E-state index contributed by atoms with van der Waals surface area (Å²) < 4.78 is 11.4. The van der Waals surface area contributed by atoms with Crippen LogP contribution >= 0.6 is 0 Å². The normalized spacial score (nSPS) is 36.1. The maximum atomic E-state index is 11.7. The van der Waals surface area contributed by atoms with Crippen LogP contribution in [-0.2, 0) is 9.47 Å². The van der Waals surface area contributed by atoms with Gasteiger partial charge in [-0.15, -0.1) is 0 Å². The average molecular weight is 287 g/mol. The second kappa shape index (κ2) is 6.71. The van der Waals surface area contributed by atoms with Crippen molar-refractivity contribution in [3.8, 4) is 0 Å². The van der Waals surface area contributed by atoms with Crippen molar-refractivity contribution in [2.45, 2.75) is 51.4 Å². The van der Waals surface area contributed by atoms with E-state index in [4.69, 9.17) is 9.47 Å². The maximum absolute atomic E-state index is 11.7. The Morgan fingerprint density at radius 1 is 1.35 bits per heavy atom. The number of fused-ring (bicyclic) bond motifs is 2. The van der Waals surface area contributed by atoms with Crippen molar-refractivity contribution in [3.63, 3.8) is 0 Å². The zero-order chi connectivity index (χ0) is 14.7. The lowest BCUT2D eigenvalue weighted by atomic mass is 9.95. The fourth-order valence-electron chi connectivity index (χ4n) is 2.98. The lowest BCUT2D eigenvalue weighted by Gasteiger charge is -2.43. The van der Waals surface area contributed by atoms with Crippen LogP contribution in [0.3, 0.4) is 0 Å². The number of aliphatic hydroxyl groups excluding tert-OH is 1. The summed E-state index contributed by atoms with van der Waals surface area (Å²) in [4.78, 5) is 13.8. The molecule has 0 aromatic rings. The number of nitrogens with one attached hydrogen (secondary N) is 2. The molecule has 7 heteroatoms. The summed E-state index contributed by atoms with van der Waals surface area (Å²) >= 11 is 0. The first-order valence-electron chi connectivity index (χ1n) is 7.35. The van der Waals surface area contributed by atoms with Crippen LogP contribution in [0.2, 0.25) is 0 Å². The highest BCUT2D eigenvalue weighted by molar-refractivity contribution is 5.74. The monoisotopic (exact) mass is 287 g/mol. The minimum Gasteiger partial charge on any atom is -0.389 e. The van der Waals surface area contributed by atoms with E-state index in [1.165, 1.54) is 0 Å². The molecule has 2 amide bonds. The van der Waals surface area contributed by atoms with Gasteiger partial charge in [-0.1, -0.05) is 13.8 Å². The van der Waals surface area contributed by atoms with Gasteiger partial charge >= 0.3 is 6.03 Å². The number of aliphatic hydroxyl groups is 1. The molecule has 2 aliphatic heterocycles. The molecule has 2 rings (SSSR count). The van der Waals surface area contributed by atoms with Crippen LogP contribution in [0, 0.1) is 0 Å². The molecule has 2 heterocycles. The Labute approximate surface area is 119 Å². The van der Waals surface area contributed by atoms with Crippen LogP contribution in [-0.4, -0.2) is 72.9 Å². The summed E-state index contributed by atoms with van der Waals surface area (Å²) in [5.41, 5.74) is 0. The predicted molar refractivity (Wildman–Crippen MR) is 73.3 cm³/mol. The minimum absolute atomic E-state index is 0.254. The third-order valence-electron chi connectivity index (χ3n) is 4.00. The molecule has 0 saturated carbocycles. The Morgan fingerprint density at radius 2 is 2.05 bits per heavy atom. The molecule has 20 heavy (non-hydrogen) atoms. The topological polar surface area (TPSA) is 83.1 Å². The van der Waals surface area contributed by atoms with E-state index < -0.39 is 18.4 Å². The standard InChI is InChI=1S/C13H25N3O4/c1-4-14-13(18)15-9-8-7-19-12(20-8)10(11(9)17)16(5-2)6-3/h8-12,17H,4-7H2,1-3H3,(H2,14,15,18). The Balaban J connectivity index is 2.10. The van der Waals surface area contributed by atoms with Gasteiger partial charge in [0.1, 0.15) is 6.10 Å². The van der Waals surface area contributed by atoms with Crippen LogP contribution in [0.4, 0.5) is 4.79 Å². The van der Waals surface area contributed by atoms with Crippen molar-refractivity contribution in [1.29, 1.82) is 0 Å². The quantitative estimate of drug-likeness (QED) is 0.635. The van der Waals surface area contributed by atoms with Gasteiger partial charge in [0.15, 0.2) is 6.29 Å². The summed E-state index contributed by atoms with van der Waals surface area (Å²) in [7, 11) is 0. The Hall–Kier alpha value is -0.890. The molecule has 5 atom stereocenters. The van der Waals surface area contributed by atoms with Crippen molar-refractivity contribution >= 4 is 6.03 Å². The molecule has 0 aliphatic carbocycles. The van der Waals surface area contributed by atoms with Crippen molar-refractivity contribution in [1.82, 2.24) is 15.5 Å². The number of amides is 2. The fraction of sp³-hybridized carbons (Fsp3) is 0.923. The molecule has 2 bridgehead atoms. The molecule has 0 aromatic heterocycles. The summed E-state index contributed by atoms with van der Waals surface area (Å²) in [5.74, 6) is 0. The number of likely N-dealkylation sites (N-methyl/N-ethyl adjacent to an activating group) is 1. The van der Waals surface area contributed by atoms with Gasteiger partial charge < -0.3 is 25.2 Å². The van der Waals surface area contributed by atoms with Crippen LogP contribution < -0.4 is 10.6 Å². The van der Waals surface area contributed by atoms with Crippen molar-refractivity contribution in [3.05, 3.63) is 0 Å². The number of carbonyl (C=O) groups is 1. The SMILES string of the molecule is CCNC(=O)NC1C2COC(O2)C(N(CC)CC)C1O. The molecule has 0 aromatic carbocycles. The van der Waals surface area contributed by atoms with Crippen molar-refractivity contribution in [2.24, 2.45) is 0 Å². The number of urea groups is 1. The molecule has 2 saturated heterocycles. The maximum Gasteiger partial charge on any atom is 0.315 e. The number of hydrogen-bond donors (Lipinski definition) is 3. The summed E-state index contributed by atoms with van der Waals surface area (Å²) in [6.45, 7) is 8.43. The first-order valence-corrected chi connectivity index (χ1v) is 7.35. The molecule has 5 unspecified atom stereocenters. The Morgan fingerprint density at radius 3 is 2.65 bits per heavy atom. The average Bonchev–Trinajstić information content (AvgIpc) is 2.85. The third-order valence-corrected chi connectivity index (χ3v) is 4.00. The van der Waals surface area contributed by atoms with E-state index in [2.05, 4.69) is 15.5 Å². The second-order valence-corrected chi connectivity index (χ2v) is 5.11. The van der Waals surface area contributed by atoms with Crippen LogP contribution in [0.25, 0.3) is 0 Å². The molecule has 3 N–H and O–H groups in total. The highest BCUT2D eigenvalue weighted by Gasteiger charge is 2.52. The summed E-state index contributed by atoms with van der Waals surface area (Å²) in [6, 6.07) is -0.995. The molecule has 116 valence electrons. The van der Waals surface area contributed by atoms with E-state index in [0.29, 0.717) is 13.2 Å². The fourth-order valence-corrected chi connectivity index (χ4v) is 2.98. The van der Waals surface area contributed by atoms with E-state index >= 15 is 0 Å². The number of carbonyl (C=O) groups excluding carboxylic acids is 1. The lowest BCUT2D eigenvalue weighted by molar-refractivity contribution is -0.179. The van der Waals surface area contributed by atoms with Gasteiger partial charge in [0.2, 0.25) is 0 Å².